The quantitative estimate of drug-likeness (QED) is 0.824. The van der Waals surface area contributed by atoms with Gasteiger partial charge in [0.15, 0.2) is 0 Å². The number of carbonyl (C=O) groups excluding carboxylic acids is 2. The summed E-state index contributed by atoms with van der Waals surface area (Å²) in [6.07, 6.45) is 0. The van der Waals surface area contributed by atoms with Crippen molar-refractivity contribution in [1.29, 1.82) is 0 Å². The number of ketones is 1. The maximum Gasteiger partial charge on any atom is 0.226 e. The predicted molar refractivity (Wildman–Crippen MR) is 72.9 cm³/mol. The van der Waals surface area contributed by atoms with Crippen molar-refractivity contribution in [3.05, 3.63) is 0 Å². The molecular weight excluding hydrogens is 214 g/mol. The van der Waals surface area contributed by atoms with E-state index in [1.807, 2.05) is 55.4 Å². The van der Waals surface area contributed by atoms with Crippen molar-refractivity contribution >= 4 is 11.7 Å². The van der Waals surface area contributed by atoms with Crippen molar-refractivity contribution < 1.29 is 9.59 Å². The SMILES string of the molecule is CC.CC(=O)C(C)(C)C(C)(C)C(=O)NC(C)C. The fourth-order valence-corrected chi connectivity index (χ4v) is 1.17. The van der Waals surface area contributed by atoms with Crippen molar-refractivity contribution in [2.75, 3.05) is 0 Å². The molecule has 0 aliphatic heterocycles. The van der Waals surface area contributed by atoms with E-state index in [4.69, 9.17) is 0 Å². The van der Waals surface area contributed by atoms with Crippen LogP contribution >= 0.6 is 0 Å². The smallest absolute Gasteiger partial charge is 0.226 e. The molecule has 0 saturated carbocycles. The molecule has 0 aliphatic carbocycles. The van der Waals surface area contributed by atoms with Gasteiger partial charge in [-0.1, -0.05) is 41.5 Å². The first-order valence-electron chi connectivity index (χ1n) is 6.35. The molecule has 0 atom stereocenters. The Morgan fingerprint density at radius 1 is 0.941 bits per heavy atom. The van der Waals surface area contributed by atoms with E-state index in [9.17, 15) is 9.59 Å². The molecule has 0 bridgehead atoms. The highest BCUT2D eigenvalue weighted by Crippen LogP contribution is 2.39. The fourth-order valence-electron chi connectivity index (χ4n) is 1.17. The Bertz CT molecular complexity index is 265. The Balaban J connectivity index is 0. The third kappa shape index (κ3) is 4.49. The van der Waals surface area contributed by atoms with Crippen LogP contribution in [0.4, 0.5) is 0 Å². The zero-order valence-electron chi connectivity index (χ0n) is 12.9. The summed E-state index contributed by atoms with van der Waals surface area (Å²) in [5.41, 5.74) is -1.34. The standard InChI is InChI=1S/C12H23NO2.C2H6/c1-8(2)13-10(15)12(6,7)11(4,5)9(3)14;1-2/h8H,1-7H3,(H,13,15);1-2H3. The molecule has 0 saturated heterocycles. The maximum atomic E-state index is 12.0. The lowest BCUT2D eigenvalue weighted by atomic mass is 9.65. The first-order valence-corrected chi connectivity index (χ1v) is 6.35. The molecule has 0 aromatic carbocycles. The van der Waals surface area contributed by atoms with Crippen LogP contribution in [0.15, 0.2) is 0 Å². The summed E-state index contributed by atoms with van der Waals surface area (Å²) in [5, 5.41) is 2.85. The number of nitrogens with one attached hydrogen (secondary N) is 1. The lowest BCUT2D eigenvalue weighted by molar-refractivity contribution is -0.145. The average molecular weight is 243 g/mol. The minimum absolute atomic E-state index is 0.0337. The molecule has 0 aromatic heterocycles. The Morgan fingerprint density at radius 2 is 1.29 bits per heavy atom. The van der Waals surface area contributed by atoms with Gasteiger partial charge in [0, 0.05) is 11.5 Å². The second-order valence-electron chi connectivity index (χ2n) is 5.43. The summed E-state index contributed by atoms with van der Waals surface area (Å²) < 4.78 is 0. The summed E-state index contributed by atoms with van der Waals surface area (Å²) in [6.45, 7) is 16.6. The van der Waals surface area contributed by atoms with Gasteiger partial charge in [-0.25, -0.2) is 0 Å². The number of hydrogen-bond acceptors (Lipinski definition) is 2. The van der Waals surface area contributed by atoms with Gasteiger partial charge < -0.3 is 5.32 Å². The van der Waals surface area contributed by atoms with Gasteiger partial charge >= 0.3 is 0 Å². The number of amides is 1. The van der Waals surface area contributed by atoms with Gasteiger partial charge in [-0.3, -0.25) is 9.59 Å². The van der Waals surface area contributed by atoms with Crippen LogP contribution in [-0.2, 0) is 9.59 Å². The van der Waals surface area contributed by atoms with Gasteiger partial charge in [-0.2, -0.15) is 0 Å². The molecule has 3 nitrogen and oxygen atoms in total. The highest BCUT2D eigenvalue weighted by atomic mass is 16.2. The predicted octanol–water partition coefficient (Wildman–Crippen LogP) is 3.18. The van der Waals surface area contributed by atoms with Gasteiger partial charge in [0.1, 0.15) is 5.78 Å². The summed E-state index contributed by atoms with van der Waals surface area (Å²) >= 11 is 0. The average Bonchev–Trinajstić information content (AvgIpc) is 2.19. The molecule has 3 heteroatoms. The second-order valence-corrected chi connectivity index (χ2v) is 5.43. The Hall–Kier alpha value is -0.860. The molecule has 17 heavy (non-hydrogen) atoms. The summed E-state index contributed by atoms with van der Waals surface area (Å²) in [6, 6.07) is 0.0968. The Kier molecular flexibility index (Phi) is 7.37. The van der Waals surface area contributed by atoms with Gasteiger partial charge in [0.05, 0.1) is 5.41 Å². The fraction of sp³-hybridized carbons (Fsp3) is 0.857. The molecule has 0 aromatic rings. The Labute approximate surface area is 106 Å². The maximum absolute atomic E-state index is 12.0. The highest BCUT2D eigenvalue weighted by molar-refractivity contribution is 5.92. The van der Waals surface area contributed by atoms with E-state index in [2.05, 4.69) is 5.32 Å². The van der Waals surface area contributed by atoms with Crippen LogP contribution < -0.4 is 5.32 Å². The second kappa shape index (κ2) is 6.77. The van der Waals surface area contributed by atoms with E-state index in [0.29, 0.717) is 0 Å². The lowest BCUT2D eigenvalue weighted by Gasteiger charge is -2.38. The summed E-state index contributed by atoms with van der Waals surface area (Å²) in [5.74, 6) is -0.0379. The normalized spacial score (nSPS) is 11.6. The number of carbonyl (C=O) groups is 2. The van der Waals surface area contributed by atoms with Crippen LogP contribution in [0.1, 0.15) is 62.3 Å². The molecule has 0 spiro atoms. The van der Waals surface area contributed by atoms with E-state index in [0.717, 1.165) is 0 Å². The highest BCUT2D eigenvalue weighted by Gasteiger charge is 2.46. The van der Waals surface area contributed by atoms with Crippen molar-refractivity contribution in [3.63, 3.8) is 0 Å². The number of Topliss-reactive ketones (excluding diaryl/α,β-unsaturated/α-hetero) is 1. The Morgan fingerprint density at radius 3 is 1.53 bits per heavy atom. The van der Waals surface area contributed by atoms with Crippen molar-refractivity contribution in [2.45, 2.75) is 68.4 Å². The van der Waals surface area contributed by atoms with Crippen LogP contribution in [-0.4, -0.2) is 17.7 Å². The molecule has 102 valence electrons. The lowest BCUT2D eigenvalue weighted by Crippen LogP contribution is -2.50. The molecular formula is C14H29NO2. The molecule has 0 radical (unpaired) electrons. The third-order valence-corrected chi connectivity index (χ3v) is 3.43. The van der Waals surface area contributed by atoms with E-state index >= 15 is 0 Å². The van der Waals surface area contributed by atoms with Crippen LogP contribution in [0, 0.1) is 10.8 Å². The zero-order chi connectivity index (χ0) is 14.4. The van der Waals surface area contributed by atoms with Crippen LogP contribution in [0.3, 0.4) is 0 Å². The molecule has 0 aliphatic rings. The van der Waals surface area contributed by atoms with Gasteiger partial charge in [0.2, 0.25) is 5.91 Å². The number of rotatable bonds is 4. The largest absolute Gasteiger partial charge is 0.353 e. The van der Waals surface area contributed by atoms with Crippen molar-refractivity contribution in [1.82, 2.24) is 5.32 Å². The first kappa shape index (κ1) is 18.5. The van der Waals surface area contributed by atoms with E-state index in [1.54, 1.807) is 0 Å². The minimum Gasteiger partial charge on any atom is -0.353 e. The van der Waals surface area contributed by atoms with Crippen molar-refractivity contribution in [2.24, 2.45) is 10.8 Å². The molecule has 0 heterocycles. The van der Waals surface area contributed by atoms with Gasteiger partial charge in [-0.15, -0.1) is 0 Å². The number of hydrogen-bond donors (Lipinski definition) is 1. The van der Waals surface area contributed by atoms with E-state index in [1.165, 1.54) is 6.92 Å². The van der Waals surface area contributed by atoms with Crippen molar-refractivity contribution in [3.8, 4) is 0 Å². The topological polar surface area (TPSA) is 46.2 Å². The molecule has 1 amide bonds. The van der Waals surface area contributed by atoms with E-state index in [-0.39, 0.29) is 17.7 Å². The van der Waals surface area contributed by atoms with Crippen LogP contribution in [0.25, 0.3) is 0 Å². The van der Waals surface area contributed by atoms with Crippen LogP contribution in [0.2, 0.25) is 0 Å². The van der Waals surface area contributed by atoms with E-state index < -0.39 is 10.8 Å². The summed E-state index contributed by atoms with van der Waals surface area (Å²) in [4.78, 5) is 23.5. The zero-order valence-corrected chi connectivity index (χ0v) is 12.9. The molecule has 0 fully saturated rings. The van der Waals surface area contributed by atoms with Gasteiger partial charge in [0.25, 0.3) is 0 Å². The molecule has 0 rings (SSSR count). The molecule has 1 N–H and O–H groups in total. The minimum atomic E-state index is -0.691. The molecule has 0 unspecified atom stereocenters. The third-order valence-electron chi connectivity index (χ3n) is 3.43. The first-order chi connectivity index (χ1) is 7.53. The van der Waals surface area contributed by atoms with Crippen LogP contribution in [0.5, 0.6) is 0 Å². The summed E-state index contributed by atoms with van der Waals surface area (Å²) in [7, 11) is 0. The monoisotopic (exact) mass is 243 g/mol. The van der Waals surface area contributed by atoms with Gasteiger partial charge in [-0.05, 0) is 20.8 Å².